The van der Waals surface area contributed by atoms with Crippen molar-refractivity contribution < 1.29 is 18.3 Å². The van der Waals surface area contributed by atoms with Crippen LogP contribution in [0.1, 0.15) is 45.4 Å². The fraction of sp³-hybridized carbons (Fsp3) is 0.391. The van der Waals surface area contributed by atoms with Crippen LogP contribution in [0.15, 0.2) is 24.4 Å². The van der Waals surface area contributed by atoms with Gasteiger partial charge < -0.3 is 14.0 Å². The number of amides is 1. The van der Waals surface area contributed by atoms with Crippen molar-refractivity contribution in [3.05, 3.63) is 68.1 Å². The molecule has 1 amide bonds. The molecule has 4 rings (SSSR count). The lowest BCUT2D eigenvalue weighted by Gasteiger charge is -2.27. The molecule has 170 valence electrons. The van der Waals surface area contributed by atoms with Crippen LogP contribution in [0.5, 0.6) is 0 Å². The Morgan fingerprint density at radius 1 is 1.22 bits per heavy atom. The Kier molecular flexibility index (Phi) is 6.18. The number of aryl methyl sites for hydroxylation is 2. The Hall–Kier alpha value is -2.22. The Labute approximate surface area is 194 Å². The number of morpholine rings is 1. The van der Waals surface area contributed by atoms with E-state index in [1.165, 1.54) is 12.3 Å². The van der Waals surface area contributed by atoms with E-state index in [1.807, 2.05) is 6.92 Å². The van der Waals surface area contributed by atoms with E-state index in [0.717, 1.165) is 6.92 Å². The molecular formula is C23H23Cl2F2N3O2. The number of aromatic nitrogens is 2. The number of fused-ring (bicyclic) bond motifs is 1. The maximum atomic E-state index is 13.9. The molecule has 9 heteroatoms. The van der Waals surface area contributed by atoms with E-state index in [-0.39, 0.29) is 22.9 Å². The van der Waals surface area contributed by atoms with E-state index < -0.39 is 5.92 Å². The highest BCUT2D eigenvalue weighted by Crippen LogP contribution is 2.33. The van der Waals surface area contributed by atoms with Crippen LogP contribution in [-0.2, 0) is 17.1 Å². The number of benzene rings is 1. The molecule has 0 N–H and O–H groups in total. The molecule has 1 aliphatic rings. The second-order valence-corrected chi connectivity index (χ2v) is 8.89. The van der Waals surface area contributed by atoms with Gasteiger partial charge in [0, 0.05) is 48.9 Å². The van der Waals surface area contributed by atoms with Crippen molar-refractivity contribution in [3.8, 4) is 0 Å². The highest BCUT2D eigenvalue weighted by Gasteiger charge is 2.27. The Balaban J connectivity index is 1.73. The standard InChI is InChI=1S/C23H23Cl2F2N3O2/c1-13-10-15(23(3,26)27)12-30-14(2)19(28-21(13)30)11-17-18(24)5-4-16(20(17)25)22(31)29-6-8-32-9-7-29/h4-5,10,12H,6-9,11H2,1-3H3. The Morgan fingerprint density at radius 3 is 2.56 bits per heavy atom. The first-order valence-electron chi connectivity index (χ1n) is 10.3. The van der Waals surface area contributed by atoms with E-state index in [0.29, 0.717) is 65.1 Å². The summed E-state index contributed by atoms with van der Waals surface area (Å²) in [4.78, 5) is 19.3. The van der Waals surface area contributed by atoms with E-state index in [4.69, 9.17) is 27.9 Å². The van der Waals surface area contributed by atoms with Crippen LogP contribution in [0, 0.1) is 13.8 Å². The van der Waals surface area contributed by atoms with Crippen LogP contribution in [0.4, 0.5) is 8.78 Å². The van der Waals surface area contributed by atoms with Crippen LogP contribution in [0.25, 0.3) is 5.65 Å². The molecule has 0 radical (unpaired) electrons. The first-order chi connectivity index (χ1) is 15.1. The number of carbonyl (C=O) groups excluding carboxylic acids is 1. The maximum Gasteiger partial charge on any atom is 0.271 e. The molecule has 0 saturated carbocycles. The smallest absolute Gasteiger partial charge is 0.271 e. The van der Waals surface area contributed by atoms with Gasteiger partial charge in [-0.3, -0.25) is 4.79 Å². The number of pyridine rings is 1. The van der Waals surface area contributed by atoms with Crippen LogP contribution >= 0.6 is 23.2 Å². The first-order valence-corrected chi connectivity index (χ1v) is 11.0. The number of carbonyl (C=O) groups is 1. The Morgan fingerprint density at radius 2 is 1.91 bits per heavy atom. The number of nitrogens with zero attached hydrogens (tertiary/aromatic N) is 3. The maximum absolute atomic E-state index is 13.9. The third-order valence-electron chi connectivity index (χ3n) is 5.81. The van der Waals surface area contributed by atoms with Crippen molar-refractivity contribution >= 4 is 34.8 Å². The minimum absolute atomic E-state index is 0.0799. The molecule has 1 saturated heterocycles. The first kappa shape index (κ1) is 23.0. The summed E-state index contributed by atoms with van der Waals surface area (Å²) in [5.41, 5.74) is 3.49. The quantitative estimate of drug-likeness (QED) is 0.498. The van der Waals surface area contributed by atoms with Crippen molar-refractivity contribution in [1.29, 1.82) is 0 Å². The van der Waals surface area contributed by atoms with E-state index in [9.17, 15) is 13.6 Å². The molecule has 3 aromatic rings. The molecule has 32 heavy (non-hydrogen) atoms. The number of halogens is 4. The van der Waals surface area contributed by atoms with Gasteiger partial charge in [0.2, 0.25) is 0 Å². The van der Waals surface area contributed by atoms with Crippen molar-refractivity contribution in [2.75, 3.05) is 26.3 Å². The summed E-state index contributed by atoms with van der Waals surface area (Å²) < 4.78 is 34.8. The summed E-state index contributed by atoms with van der Waals surface area (Å²) in [5, 5.41) is 0.699. The lowest BCUT2D eigenvalue weighted by molar-refractivity contribution is 0.0170. The van der Waals surface area contributed by atoms with Gasteiger partial charge in [-0.25, -0.2) is 13.8 Å². The average Bonchev–Trinajstić information content (AvgIpc) is 3.07. The third kappa shape index (κ3) is 4.21. The topological polar surface area (TPSA) is 46.8 Å². The molecule has 0 unspecified atom stereocenters. The molecule has 1 fully saturated rings. The largest absolute Gasteiger partial charge is 0.378 e. The van der Waals surface area contributed by atoms with Gasteiger partial charge in [-0.05, 0) is 43.2 Å². The number of hydrogen-bond donors (Lipinski definition) is 0. The monoisotopic (exact) mass is 481 g/mol. The zero-order chi connectivity index (χ0) is 23.2. The van der Waals surface area contributed by atoms with Gasteiger partial charge in [-0.1, -0.05) is 23.2 Å². The number of alkyl halides is 2. The predicted molar refractivity (Wildman–Crippen MR) is 120 cm³/mol. The molecule has 0 atom stereocenters. The van der Waals surface area contributed by atoms with Crippen molar-refractivity contribution in [2.45, 2.75) is 33.1 Å². The fourth-order valence-electron chi connectivity index (χ4n) is 3.91. The van der Waals surface area contributed by atoms with Gasteiger partial charge in [0.15, 0.2) is 0 Å². The lowest BCUT2D eigenvalue weighted by Crippen LogP contribution is -2.40. The molecule has 2 aromatic heterocycles. The average molecular weight is 482 g/mol. The van der Waals surface area contributed by atoms with Crippen molar-refractivity contribution in [1.82, 2.24) is 14.3 Å². The van der Waals surface area contributed by atoms with Gasteiger partial charge in [0.05, 0.1) is 29.5 Å². The number of imidazole rings is 1. The summed E-state index contributed by atoms with van der Waals surface area (Å²) in [6.07, 6.45) is 1.68. The molecule has 1 aromatic carbocycles. The summed E-state index contributed by atoms with van der Waals surface area (Å²) in [6, 6.07) is 4.73. The fourth-order valence-corrected chi connectivity index (χ4v) is 4.49. The summed E-state index contributed by atoms with van der Waals surface area (Å²) in [6.45, 7) is 6.42. The van der Waals surface area contributed by atoms with E-state index in [1.54, 1.807) is 28.4 Å². The zero-order valence-electron chi connectivity index (χ0n) is 18.0. The van der Waals surface area contributed by atoms with Crippen LogP contribution in [0.2, 0.25) is 10.0 Å². The zero-order valence-corrected chi connectivity index (χ0v) is 19.5. The van der Waals surface area contributed by atoms with E-state index >= 15 is 0 Å². The highest BCUT2D eigenvalue weighted by atomic mass is 35.5. The number of hydrogen-bond acceptors (Lipinski definition) is 3. The predicted octanol–water partition coefficient (Wildman–Crippen LogP) is 5.43. The van der Waals surface area contributed by atoms with Crippen LogP contribution in [0.3, 0.4) is 0 Å². The molecule has 5 nitrogen and oxygen atoms in total. The molecule has 0 bridgehead atoms. The van der Waals surface area contributed by atoms with Gasteiger partial charge in [-0.15, -0.1) is 0 Å². The number of ether oxygens (including phenoxy) is 1. The molecule has 0 spiro atoms. The van der Waals surface area contributed by atoms with Crippen molar-refractivity contribution in [2.24, 2.45) is 0 Å². The summed E-state index contributed by atoms with van der Waals surface area (Å²) >= 11 is 13.1. The van der Waals surface area contributed by atoms with Gasteiger partial charge in [-0.2, -0.15) is 0 Å². The number of rotatable bonds is 4. The Bertz CT molecular complexity index is 1200. The minimum atomic E-state index is -2.96. The van der Waals surface area contributed by atoms with Crippen molar-refractivity contribution in [3.63, 3.8) is 0 Å². The molecule has 1 aliphatic heterocycles. The highest BCUT2D eigenvalue weighted by molar-refractivity contribution is 6.38. The van der Waals surface area contributed by atoms with Crippen LogP contribution in [-0.4, -0.2) is 46.5 Å². The van der Waals surface area contributed by atoms with E-state index in [2.05, 4.69) is 4.98 Å². The second kappa shape index (κ2) is 8.61. The normalized spacial score (nSPS) is 14.9. The van der Waals surface area contributed by atoms with Gasteiger partial charge in [0.1, 0.15) is 5.65 Å². The summed E-state index contributed by atoms with van der Waals surface area (Å²) in [5.74, 6) is -3.13. The van der Waals surface area contributed by atoms with Gasteiger partial charge in [0.25, 0.3) is 11.8 Å². The third-order valence-corrected chi connectivity index (χ3v) is 6.59. The molecular weight excluding hydrogens is 459 g/mol. The van der Waals surface area contributed by atoms with Gasteiger partial charge >= 0.3 is 0 Å². The molecule has 3 heterocycles. The molecule has 0 aliphatic carbocycles. The lowest BCUT2D eigenvalue weighted by atomic mass is 10.0. The SMILES string of the molecule is Cc1cc(C(C)(F)F)cn2c(C)c(Cc3c(Cl)ccc(C(=O)N4CCOCC4)c3Cl)nc12. The van der Waals surface area contributed by atoms with Crippen LogP contribution < -0.4 is 0 Å². The summed E-state index contributed by atoms with van der Waals surface area (Å²) in [7, 11) is 0. The minimum Gasteiger partial charge on any atom is -0.378 e. The second-order valence-electron chi connectivity index (χ2n) is 8.11.